The van der Waals surface area contributed by atoms with Gasteiger partial charge in [-0.2, -0.15) is 0 Å². The maximum Gasteiger partial charge on any atom is 0.130 e. The van der Waals surface area contributed by atoms with Crippen LogP contribution in [0.4, 0.5) is 0 Å². The molecule has 0 aliphatic rings. The molecule has 0 fully saturated rings. The highest BCUT2D eigenvalue weighted by molar-refractivity contribution is 6.55. The summed E-state index contributed by atoms with van der Waals surface area (Å²) in [5.41, 5.74) is 3.63. The van der Waals surface area contributed by atoms with E-state index < -0.39 is 0 Å². The Kier molecular flexibility index (Phi) is 8.27. The SMILES string of the molecule is CC(C)c1ccc(Oc2ccc(OCC=C(Cl)Cl)c(C(C)C)c2)c(C(C)C)c1. The molecule has 0 aromatic heterocycles. The minimum absolute atomic E-state index is 0.206. The Morgan fingerprint density at radius 2 is 1.43 bits per heavy atom. The number of rotatable bonds is 8. The van der Waals surface area contributed by atoms with Crippen LogP contribution in [-0.2, 0) is 0 Å². The van der Waals surface area contributed by atoms with E-state index in [1.54, 1.807) is 6.08 Å². The highest BCUT2D eigenvalue weighted by Gasteiger charge is 2.14. The van der Waals surface area contributed by atoms with Crippen molar-refractivity contribution in [2.75, 3.05) is 6.61 Å². The van der Waals surface area contributed by atoms with Gasteiger partial charge in [0.05, 0.1) is 0 Å². The van der Waals surface area contributed by atoms with Crippen molar-refractivity contribution in [2.24, 2.45) is 0 Å². The Morgan fingerprint density at radius 1 is 0.821 bits per heavy atom. The monoisotopic (exact) mass is 420 g/mol. The molecule has 0 heterocycles. The number of hydrogen-bond acceptors (Lipinski definition) is 2. The standard InChI is InChI=1S/C24H30Cl2O2/c1-15(2)18-7-9-23(20(13-18)16(3)4)28-19-8-10-22(21(14-19)17(5)6)27-12-11-24(25)26/h7-11,13-17H,12H2,1-6H3. The lowest BCUT2D eigenvalue weighted by molar-refractivity contribution is 0.356. The Hall–Kier alpha value is -1.64. The molecule has 28 heavy (non-hydrogen) atoms. The average molecular weight is 421 g/mol. The Morgan fingerprint density at radius 3 is 2.00 bits per heavy atom. The number of ether oxygens (including phenoxy) is 2. The van der Waals surface area contributed by atoms with Gasteiger partial charge in [-0.05, 0) is 59.2 Å². The molecule has 0 spiro atoms. The van der Waals surface area contributed by atoms with Gasteiger partial charge in [0.2, 0.25) is 0 Å². The van der Waals surface area contributed by atoms with Gasteiger partial charge < -0.3 is 9.47 Å². The lowest BCUT2D eigenvalue weighted by Crippen LogP contribution is -2.01. The van der Waals surface area contributed by atoms with Crippen molar-refractivity contribution < 1.29 is 9.47 Å². The molecule has 0 unspecified atom stereocenters. The fraction of sp³-hybridized carbons (Fsp3) is 0.417. The highest BCUT2D eigenvalue weighted by Crippen LogP contribution is 2.36. The zero-order valence-electron chi connectivity index (χ0n) is 17.6. The van der Waals surface area contributed by atoms with Crippen LogP contribution in [0, 0.1) is 0 Å². The molecule has 2 nitrogen and oxygen atoms in total. The van der Waals surface area contributed by atoms with Crippen LogP contribution in [-0.4, -0.2) is 6.61 Å². The topological polar surface area (TPSA) is 18.5 Å². The summed E-state index contributed by atoms with van der Waals surface area (Å²) in [5.74, 6) is 3.69. The third kappa shape index (κ3) is 6.18. The van der Waals surface area contributed by atoms with Crippen LogP contribution in [0.25, 0.3) is 0 Å². The van der Waals surface area contributed by atoms with Crippen molar-refractivity contribution >= 4 is 23.2 Å². The van der Waals surface area contributed by atoms with Gasteiger partial charge in [0.25, 0.3) is 0 Å². The molecular weight excluding hydrogens is 391 g/mol. The molecule has 2 rings (SSSR count). The molecule has 0 bridgehead atoms. The largest absolute Gasteiger partial charge is 0.489 e. The van der Waals surface area contributed by atoms with Crippen LogP contribution in [0.15, 0.2) is 47.0 Å². The molecule has 4 heteroatoms. The first-order valence-electron chi connectivity index (χ1n) is 9.78. The van der Waals surface area contributed by atoms with Gasteiger partial charge in [-0.15, -0.1) is 0 Å². The Labute approximate surface area is 179 Å². The van der Waals surface area contributed by atoms with E-state index in [9.17, 15) is 0 Å². The normalized spacial score (nSPS) is 11.2. The summed E-state index contributed by atoms with van der Waals surface area (Å²) in [6, 6.07) is 12.4. The van der Waals surface area contributed by atoms with Crippen molar-refractivity contribution in [3.63, 3.8) is 0 Å². The van der Waals surface area contributed by atoms with Gasteiger partial charge in [-0.3, -0.25) is 0 Å². The van der Waals surface area contributed by atoms with Gasteiger partial charge in [0.15, 0.2) is 0 Å². The van der Waals surface area contributed by atoms with Crippen LogP contribution < -0.4 is 9.47 Å². The van der Waals surface area contributed by atoms with E-state index in [-0.39, 0.29) is 4.49 Å². The molecular formula is C24H30Cl2O2. The first-order chi connectivity index (χ1) is 13.2. The van der Waals surface area contributed by atoms with E-state index >= 15 is 0 Å². The third-order valence-electron chi connectivity index (χ3n) is 4.63. The zero-order valence-corrected chi connectivity index (χ0v) is 19.1. The second-order valence-corrected chi connectivity index (χ2v) is 8.88. The Balaban J connectivity index is 2.31. The number of hydrogen-bond donors (Lipinski definition) is 0. The predicted octanol–water partition coefficient (Wildman–Crippen LogP) is 8.55. The fourth-order valence-corrected chi connectivity index (χ4v) is 3.09. The van der Waals surface area contributed by atoms with Gasteiger partial charge >= 0.3 is 0 Å². The molecule has 2 aromatic rings. The van der Waals surface area contributed by atoms with Gasteiger partial charge in [0, 0.05) is 5.56 Å². The van der Waals surface area contributed by atoms with E-state index in [1.807, 2.05) is 18.2 Å². The molecule has 0 radical (unpaired) electrons. The molecule has 0 aliphatic carbocycles. The second kappa shape index (κ2) is 10.2. The van der Waals surface area contributed by atoms with E-state index in [4.69, 9.17) is 32.7 Å². The summed E-state index contributed by atoms with van der Waals surface area (Å²) < 4.78 is 12.3. The highest BCUT2D eigenvalue weighted by atomic mass is 35.5. The molecule has 0 aliphatic heterocycles. The van der Waals surface area contributed by atoms with E-state index in [2.05, 4.69) is 59.7 Å². The second-order valence-electron chi connectivity index (χ2n) is 7.87. The van der Waals surface area contributed by atoms with Gasteiger partial charge in [-0.25, -0.2) is 0 Å². The molecule has 0 N–H and O–H groups in total. The molecule has 0 amide bonds. The predicted molar refractivity (Wildman–Crippen MR) is 121 cm³/mol. The maximum absolute atomic E-state index is 6.28. The van der Waals surface area contributed by atoms with E-state index in [1.165, 1.54) is 11.1 Å². The third-order valence-corrected chi connectivity index (χ3v) is 4.94. The van der Waals surface area contributed by atoms with Crippen LogP contribution in [0.1, 0.15) is 76.0 Å². The summed E-state index contributed by atoms with van der Waals surface area (Å²) in [5, 5.41) is 0. The lowest BCUT2D eigenvalue weighted by Gasteiger charge is -2.19. The first kappa shape index (κ1) is 22.6. The molecule has 0 saturated carbocycles. The number of halogens is 2. The van der Waals surface area contributed by atoms with Gasteiger partial charge in [-0.1, -0.05) is 76.9 Å². The minimum Gasteiger partial charge on any atom is -0.489 e. The lowest BCUT2D eigenvalue weighted by atomic mass is 9.95. The van der Waals surface area contributed by atoms with Crippen molar-refractivity contribution in [3.05, 3.63) is 63.7 Å². The minimum atomic E-state index is 0.206. The van der Waals surface area contributed by atoms with Crippen LogP contribution in [0.5, 0.6) is 17.2 Å². The summed E-state index contributed by atoms with van der Waals surface area (Å²) in [6.07, 6.45) is 1.63. The van der Waals surface area contributed by atoms with Crippen LogP contribution in [0.3, 0.4) is 0 Å². The average Bonchev–Trinajstić information content (AvgIpc) is 2.62. The Bertz CT molecular complexity index is 819. The summed E-state index contributed by atoms with van der Waals surface area (Å²) in [6.45, 7) is 13.4. The van der Waals surface area contributed by atoms with Gasteiger partial charge in [0.1, 0.15) is 28.3 Å². The van der Waals surface area contributed by atoms with E-state index in [0.29, 0.717) is 24.4 Å². The van der Waals surface area contributed by atoms with Crippen molar-refractivity contribution in [1.82, 2.24) is 0 Å². The van der Waals surface area contributed by atoms with Crippen molar-refractivity contribution in [3.8, 4) is 17.2 Å². The van der Waals surface area contributed by atoms with Crippen LogP contribution >= 0.6 is 23.2 Å². The quantitative estimate of drug-likeness (QED) is 0.425. The number of benzene rings is 2. The van der Waals surface area contributed by atoms with Crippen molar-refractivity contribution in [2.45, 2.75) is 59.3 Å². The molecule has 0 saturated heterocycles. The summed E-state index contributed by atoms with van der Waals surface area (Å²) >= 11 is 11.3. The zero-order chi connectivity index (χ0) is 20.8. The maximum atomic E-state index is 6.28. The molecule has 152 valence electrons. The molecule has 2 aromatic carbocycles. The smallest absolute Gasteiger partial charge is 0.130 e. The molecule has 0 atom stereocenters. The summed E-state index contributed by atoms with van der Waals surface area (Å²) in [4.78, 5) is 0. The van der Waals surface area contributed by atoms with Crippen molar-refractivity contribution in [1.29, 1.82) is 0 Å². The first-order valence-corrected chi connectivity index (χ1v) is 10.5. The summed E-state index contributed by atoms with van der Waals surface area (Å²) in [7, 11) is 0. The fourth-order valence-electron chi connectivity index (χ4n) is 2.96. The van der Waals surface area contributed by atoms with E-state index in [0.717, 1.165) is 22.8 Å². The van der Waals surface area contributed by atoms with Crippen LogP contribution in [0.2, 0.25) is 0 Å².